The summed E-state index contributed by atoms with van der Waals surface area (Å²) in [4.78, 5) is 14.0. The van der Waals surface area contributed by atoms with E-state index in [9.17, 15) is 22.2 Å². The number of halogens is 3. The van der Waals surface area contributed by atoms with Gasteiger partial charge in [-0.3, -0.25) is 9.00 Å². The molecule has 0 heterocycles. The Morgan fingerprint density at radius 3 is 2.39 bits per heavy atom. The Morgan fingerprint density at radius 2 is 1.91 bits per heavy atom. The van der Waals surface area contributed by atoms with E-state index in [1.54, 1.807) is 18.2 Å². The predicted octanol–water partition coefficient (Wildman–Crippen LogP) is 3.03. The summed E-state index contributed by atoms with van der Waals surface area (Å²) >= 11 is 0. The van der Waals surface area contributed by atoms with Crippen LogP contribution in [0.5, 0.6) is 0 Å². The van der Waals surface area contributed by atoms with Gasteiger partial charge in [-0.15, -0.1) is 0 Å². The van der Waals surface area contributed by atoms with E-state index in [1.807, 2.05) is 6.92 Å². The van der Waals surface area contributed by atoms with Gasteiger partial charge in [-0.05, 0) is 37.0 Å². The van der Waals surface area contributed by atoms with Gasteiger partial charge in [0.1, 0.15) is 0 Å². The van der Waals surface area contributed by atoms with Crippen molar-refractivity contribution in [3.05, 3.63) is 35.4 Å². The molecule has 1 aromatic carbocycles. The van der Waals surface area contributed by atoms with E-state index >= 15 is 0 Å². The Kier molecular flexibility index (Phi) is 5.18. The molecule has 0 N–H and O–H groups in total. The molecule has 1 amide bonds. The fourth-order valence-corrected chi connectivity index (χ4v) is 3.59. The number of nitrogens with zero attached hydrogens (tertiary/aromatic N) is 1. The zero-order chi connectivity index (χ0) is 17.4. The van der Waals surface area contributed by atoms with Crippen LogP contribution in [-0.4, -0.2) is 40.1 Å². The van der Waals surface area contributed by atoms with Crippen LogP contribution in [0.3, 0.4) is 0 Å². The minimum Gasteiger partial charge on any atom is -0.342 e. The van der Waals surface area contributed by atoms with Crippen LogP contribution in [0.25, 0.3) is 0 Å². The number of benzene rings is 1. The van der Waals surface area contributed by atoms with Gasteiger partial charge >= 0.3 is 6.18 Å². The molecule has 1 aromatic rings. The second kappa shape index (κ2) is 6.63. The van der Waals surface area contributed by atoms with Crippen LogP contribution in [0.1, 0.15) is 30.4 Å². The number of carbonyl (C=O) groups is 1. The molecule has 4 atom stereocenters. The highest BCUT2D eigenvalue weighted by Gasteiger charge is 2.46. The summed E-state index contributed by atoms with van der Waals surface area (Å²) in [6.07, 6.45) is -2.10. The fraction of sp³-hybridized carbons (Fsp3) is 0.562. The van der Waals surface area contributed by atoms with Gasteiger partial charge in [0.25, 0.3) is 0 Å². The van der Waals surface area contributed by atoms with E-state index in [4.69, 9.17) is 0 Å². The summed E-state index contributed by atoms with van der Waals surface area (Å²) < 4.78 is 48.9. The minimum absolute atomic E-state index is 0.0217. The summed E-state index contributed by atoms with van der Waals surface area (Å²) in [5.41, 5.74) is 0.0809. The van der Waals surface area contributed by atoms with E-state index in [0.29, 0.717) is 12.2 Å². The molecular formula is C16H20F3NO2S. The van der Waals surface area contributed by atoms with Crippen molar-refractivity contribution in [3.63, 3.8) is 0 Å². The first-order valence-electron chi connectivity index (χ1n) is 7.35. The summed E-state index contributed by atoms with van der Waals surface area (Å²) in [6, 6.07) is 4.89. The molecule has 1 fully saturated rings. The zero-order valence-electron chi connectivity index (χ0n) is 13.3. The van der Waals surface area contributed by atoms with Crippen LogP contribution < -0.4 is 0 Å². The predicted molar refractivity (Wildman–Crippen MR) is 83.5 cm³/mol. The lowest BCUT2D eigenvalue weighted by atomic mass is 10.1. The van der Waals surface area contributed by atoms with Crippen LogP contribution in [0.4, 0.5) is 13.2 Å². The van der Waals surface area contributed by atoms with Gasteiger partial charge in [0.2, 0.25) is 5.91 Å². The Bertz CT molecular complexity index is 600. The van der Waals surface area contributed by atoms with Gasteiger partial charge in [-0.1, -0.05) is 12.1 Å². The zero-order valence-corrected chi connectivity index (χ0v) is 14.1. The van der Waals surface area contributed by atoms with Crippen LogP contribution in [0.15, 0.2) is 24.3 Å². The lowest BCUT2D eigenvalue weighted by Gasteiger charge is -2.24. The summed E-state index contributed by atoms with van der Waals surface area (Å²) in [5.74, 6) is 0.170. The lowest BCUT2D eigenvalue weighted by molar-refractivity contribution is -0.137. The van der Waals surface area contributed by atoms with Crippen LogP contribution in [0.2, 0.25) is 0 Å². The Balaban J connectivity index is 1.99. The smallest absolute Gasteiger partial charge is 0.342 e. The fourth-order valence-electron chi connectivity index (χ4n) is 2.69. The SMILES string of the molecule is CC(CS(C)=O)N(C)C(=O)C1CC1c1ccc(C(F)(F)F)cc1. The third-order valence-corrected chi connectivity index (χ3v) is 5.21. The number of hydrogen-bond donors (Lipinski definition) is 0. The number of alkyl halides is 3. The maximum atomic E-state index is 12.6. The molecule has 0 radical (unpaired) electrons. The minimum atomic E-state index is -4.34. The first-order chi connectivity index (χ1) is 10.6. The molecule has 0 bridgehead atoms. The van der Waals surface area contributed by atoms with E-state index in [-0.39, 0.29) is 23.8 Å². The second-order valence-electron chi connectivity index (χ2n) is 6.11. The topological polar surface area (TPSA) is 37.4 Å². The number of hydrogen-bond acceptors (Lipinski definition) is 2. The molecule has 0 saturated heterocycles. The molecule has 3 nitrogen and oxygen atoms in total. The van der Waals surface area contributed by atoms with Crippen molar-refractivity contribution in [1.82, 2.24) is 4.90 Å². The number of amides is 1. The highest BCUT2D eigenvalue weighted by Crippen LogP contribution is 2.48. The molecule has 2 rings (SSSR count). The van der Waals surface area contributed by atoms with Crippen molar-refractivity contribution >= 4 is 16.7 Å². The molecule has 4 unspecified atom stereocenters. The van der Waals surface area contributed by atoms with Crippen molar-refractivity contribution in [3.8, 4) is 0 Å². The standard InChI is InChI=1S/C16H20F3NO2S/c1-10(9-23(3)22)20(2)15(21)14-8-13(14)11-4-6-12(7-5-11)16(17,18)19/h4-7,10,13-14H,8-9H2,1-3H3. The van der Waals surface area contributed by atoms with Crippen molar-refractivity contribution in [2.45, 2.75) is 31.5 Å². The Hall–Kier alpha value is -1.37. The Labute approximate surface area is 136 Å². The number of rotatable bonds is 5. The maximum Gasteiger partial charge on any atom is 0.416 e. The average Bonchev–Trinajstić information content (AvgIpc) is 3.24. The average molecular weight is 347 g/mol. The van der Waals surface area contributed by atoms with Crippen LogP contribution >= 0.6 is 0 Å². The molecule has 1 aliphatic carbocycles. The van der Waals surface area contributed by atoms with Gasteiger partial charge in [0.05, 0.1) is 5.56 Å². The second-order valence-corrected chi connectivity index (χ2v) is 7.59. The van der Waals surface area contributed by atoms with Crippen LogP contribution in [-0.2, 0) is 21.8 Å². The van der Waals surface area contributed by atoms with Gasteiger partial charge in [0, 0.05) is 41.8 Å². The quantitative estimate of drug-likeness (QED) is 0.821. The number of carbonyl (C=O) groups excluding carboxylic acids is 1. The van der Waals surface area contributed by atoms with E-state index in [0.717, 1.165) is 17.7 Å². The van der Waals surface area contributed by atoms with Gasteiger partial charge in [-0.25, -0.2) is 0 Å². The molecular weight excluding hydrogens is 327 g/mol. The third-order valence-electron chi connectivity index (χ3n) is 4.26. The molecule has 1 saturated carbocycles. The highest BCUT2D eigenvalue weighted by molar-refractivity contribution is 7.84. The summed E-state index contributed by atoms with van der Waals surface area (Å²) in [7, 11) is 0.701. The largest absolute Gasteiger partial charge is 0.416 e. The normalized spacial score (nSPS) is 23.2. The van der Waals surface area contributed by atoms with Crippen LogP contribution in [0, 0.1) is 5.92 Å². The molecule has 0 aromatic heterocycles. The van der Waals surface area contributed by atoms with Gasteiger partial charge < -0.3 is 4.90 Å². The first-order valence-corrected chi connectivity index (χ1v) is 9.08. The Morgan fingerprint density at radius 1 is 1.35 bits per heavy atom. The van der Waals surface area contributed by atoms with Crippen molar-refractivity contribution in [1.29, 1.82) is 0 Å². The van der Waals surface area contributed by atoms with E-state index < -0.39 is 22.5 Å². The summed E-state index contributed by atoms with van der Waals surface area (Å²) in [6.45, 7) is 1.84. The monoisotopic (exact) mass is 347 g/mol. The lowest BCUT2D eigenvalue weighted by Crippen LogP contribution is -2.39. The van der Waals surface area contributed by atoms with E-state index in [2.05, 4.69) is 0 Å². The molecule has 0 spiro atoms. The third kappa shape index (κ3) is 4.34. The highest BCUT2D eigenvalue weighted by atomic mass is 32.2. The molecule has 23 heavy (non-hydrogen) atoms. The van der Waals surface area contributed by atoms with E-state index in [1.165, 1.54) is 12.1 Å². The van der Waals surface area contributed by atoms with Gasteiger partial charge in [0.15, 0.2) is 0 Å². The molecule has 1 aliphatic rings. The molecule has 7 heteroatoms. The molecule has 0 aliphatic heterocycles. The summed E-state index contributed by atoms with van der Waals surface area (Å²) in [5, 5.41) is 0. The van der Waals surface area contributed by atoms with Crippen molar-refractivity contribution < 1.29 is 22.2 Å². The van der Waals surface area contributed by atoms with Crippen molar-refractivity contribution in [2.24, 2.45) is 5.92 Å². The van der Waals surface area contributed by atoms with Gasteiger partial charge in [-0.2, -0.15) is 13.2 Å². The maximum absolute atomic E-state index is 12.6. The molecule has 128 valence electrons. The first kappa shape index (κ1) is 18.0. The van der Waals surface area contributed by atoms with Crippen molar-refractivity contribution in [2.75, 3.05) is 19.1 Å².